The lowest BCUT2D eigenvalue weighted by Gasteiger charge is -2.12. The lowest BCUT2D eigenvalue weighted by Crippen LogP contribution is -2.02. The van der Waals surface area contributed by atoms with Crippen LogP contribution >= 0.6 is 11.6 Å². The van der Waals surface area contributed by atoms with Gasteiger partial charge in [0.05, 0.1) is 19.9 Å². The lowest BCUT2D eigenvalue weighted by molar-refractivity contribution is 0.405. The van der Waals surface area contributed by atoms with Crippen LogP contribution in [0, 0.1) is 0 Å². The van der Waals surface area contributed by atoms with Crippen LogP contribution in [0.15, 0.2) is 54.7 Å². The predicted octanol–water partition coefficient (Wildman–Crippen LogP) is 4.63. The zero-order valence-electron chi connectivity index (χ0n) is 13.8. The van der Waals surface area contributed by atoms with Crippen LogP contribution in [0.1, 0.15) is 0 Å². The number of aromatic nitrogens is 2. The van der Waals surface area contributed by atoms with Crippen LogP contribution in [0.2, 0.25) is 5.02 Å². The summed E-state index contributed by atoms with van der Waals surface area (Å²) in [5, 5.41) is 7.03. The first-order valence-electron chi connectivity index (χ1n) is 7.52. The Balaban J connectivity index is 1.81. The molecule has 2 aromatic carbocycles. The first kappa shape index (κ1) is 16.9. The van der Waals surface area contributed by atoms with Crippen molar-refractivity contribution >= 4 is 34.7 Å². The highest BCUT2D eigenvalue weighted by Gasteiger charge is 2.08. The molecule has 0 amide bonds. The van der Waals surface area contributed by atoms with E-state index < -0.39 is 0 Å². The maximum atomic E-state index is 5.90. The van der Waals surface area contributed by atoms with Crippen molar-refractivity contribution in [3.63, 3.8) is 0 Å². The number of hydrogen-bond donors (Lipinski definition) is 2. The SMILES string of the molecule is COc1ccc(OC)c(Nc2nccc(Nc3ccc(Cl)cc3)n2)c1. The first-order chi connectivity index (χ1) is 12.2. The number of nitrogens with one attached hydrogen (secondary N) is 2. The fourth-order valence-electron chi connectivity index (χ4n) is 2.20. The fraction of sp³-hybridized carbons (Fsp3) is 0.111. The van der Waals surface area contributed by atoms with Crippen LogP contribution in [0.5, 0.6) is 11.5 Å². The molecule has 0 unspecified atom stereocenters. The van der Waals surface area contributed by atoms with Gasteiger partial charge in [0.25, 0.3) is 0 Å². The minimum absolute atomic E-state index is 0.436. The molecule has 0 fully saturated rings. The van der Waals surface area contributed by atoms with E-state index in [1.807, 2.05) is 42.5 Å². The highest BCUT2D eigenvalue weighted by Crippen LogP contribution is 2.30. The van der Waals surface area contributed by atoms with Gasteiger partial charge in [-0.2, -0.15) is 4.98 Å². The molecule has 0 radical (unpaired) electrons. The highest BCUT2D eigenvalue weighted by atomic mass is 35.5. The summed E-state index contributed by atoms with van der Waals surface area (Å²) in [7, 11) is 3.21. The Hall–Kier alpha value is -2.99. The van der Waals surface area contributed by atoms with Gasteiger partial charge in [-0.15, -0.1) is 0 Å². The van der Waals surface area contributed by atoms with Crippen molar-refractivity contribution in [2.45, 2.75) is 0 Å². The molecule has 6 nitrogen and oxygen atoms in total. The first-order valence-corrected chi connectivity index (χ1v) is 7.90. The van der Waals surface area contributed by atoms with Crippen LogP contribution in [-0.2, 0) is 0 Å². The van der Waals surface area contributed by atoms with Crippen molar-refractivity contribution < 1.29 is 9.47 Å². The summed E-state index contributed by atoms with van der Waals surface area (Å²) in [6, 6.07) is 14.6. The minimum Gasteiger partial charge on any atom is -0.497 e. The van der Waals surface area contributed by atoms with Crippen molar-refractivity contribution in [2.75, 3.05) is 24.9 Å². The number of anilines is 4. The van der Waals surface area contributed by atoms with Gasteiger partial charge in [0, 0.05) is 23.0 Å². The number of rotatable bonds is 6. The second-order valence-electron chi connectivity index (χ2n) is 5.09. The monoisotopic (exact) mass is 356 g/mol. The van der Waals surface area contributed by atoms with E-state index >= 15 is 0 Å². The molecule has 0 saturated heterocycles. The molecular formula is C18H17ClN4O2. The highest BCUT2D eigenvalue weighted by molar-refractivity contribution is 6.30. The Morgan fingerprint density at radius 3 is 2.44 bits per heavy atom. The third-order valence-electron chi connectivity index (χ3n) is 3.43. The standard InChI is InChI=1S/C18H17ClN4O2/c1-24-14-7-8-16(25-2)15(11-14)22-18-20-10-9-17(23-18)21-13-5-3-12(19)4-6-13/h3-11H,1-2H3,(H2,20,21,22,23). The Labute approximate surface area is 150 Å². The summed E-state index contributed by atoms with van der Waals surface area (Å²) in [5.41, 5.74) is 1.60. The Morgan fingerprint density at radius 2 is 1.72 bits per heavy atom. The van der Waals surface area contributed by atoms with Gasteiger partial charge in [0.2, 0.25) is 5.95 Å². The average Bonchev–Trinajstić information content (AvgIpc) is 2.64. The largest absolute Gasteiger partial charge is 0.497 e. The molecule has 0 saturated carbocycles. The van der Waals surface area contributed by atoms with Crippen molar-refractivity contribution in [3.8, 4) is 11.5 Å². The molecule has 1 heterocycles. The van der Waals surface area contributed by atoms with Gasteiger partial charge in [0.15, 0.2) is 0 Å². The second-order valence-corrected chi connectivity index (χ2v) is 5.53. The van der Waals surface area contributed by atoms with Crippen molar-refractivity contribution in [2.24, 2.45) is 0 Å². The van der Waals surface area contributed by atoms with E-state index in [-0.39, 0.29) is 0 Å². The zero-order valence-corrected chi connectivity index (χ0v) is 14.5. The molecular weight excluding hydrogens is 340 g/mol. The number of methoxy groups -OCH3 is 2. The van der Waals surface area contributed by atoms with Crippen LogP contribution in [0.25, 0.3) is 0 Å². The maximum absolute atomic E-state index is 5.90. The van der Waals surface area contributed by atoms with Crippen molar-refractivity contribution in [1.82, 2.24) is 9.97 Å². The molecule has 7 heteroatoms. The van der Waals surface area contributed by atoms with E-state index in [0.29, 0.717) is 34.0 Å². The summed E-state index contributed by atoms with van der Waals surface area (Å²) in [5.74, 6) is 2.46. The normalized spacial score (nSPS) is 10.2. The van der Waals surface area contributed by atoms with E-state index in [4.69, 9.17) is 21.1 Å². The number of hydrogen-bond acceptors (Lipinski definition) is 6. The number of nitrogens with zero attached hydrogens (tertiary/aromatic N) is 2. The van der Waals surface area contributed by atoms with Crippen LogP contribution in [-0.4, -0.2) is 24.2 Å². The Morgan fingerprint density at radius 1 is 0.920 bits per heavy atom. The van der Waals surface area contributed by atoms with Gasteiger partial charge < -0.3 is 20.1 Å². The van der Waals surface area contributed by atoms with E-state index in [0.717, 1.165) is 5.69 Å². The zero-order chi connectivity index (χ0) is 17.6. The van der Waals surface area contributed by atoms with E-state index in [2.05, 4.69) is 20.6 Å². The average molecular weight is 357 g/mol. The summed E-state index contributed by atoms with van der Waals surface area (Å²) in [4.78, 5) is 8.70. The number of halogens is 1. The summed E-state index contributed by atoms with van der Waals surface area (Å²) in [6.07, 6.45) is 1.67. The van der Waals surface area contributed by atoms with E-state index in [9.17, 15) is 0 Å². The van der Waals surface area contributed by atoms with Gasteiger partial charge in [0.1, 0.15) is 17.3 Å². The molecule has 0 aliphatic carbocycles. The molecule has 0 aliphatic rings. The molecule has 0 bridgehead atoms. The van der Waals surface area contributed by atoms with Crippen LogP contribution < -0.4 is 20.1 Å². The fourth-order valence-corrected chi connectivity index (χ4v) is 2.33. The number of ether oxygens (including phenoxy) is 2. The maximum Gasteiger partial charge on any atom is 0.229 e. The molecule has 25 heavy (non-hydrogen) atoms. The minimum atomic E-state index is 0.436. The van der Waals surface area contributed by atoms with Gasteiger partial charge in [-0.25, -0.2) is 4.98 Å². The third kappa shape index (κ3) is 4.30. The van der Waals surface area contributed by atoms with E-state index in [1.165, 1.54) is 0 Å². The molecule has 2 N–H and O–H groups in total. The van der Waals surface area contributed by atoms with Crippen molar-refractivity contribution in [3.05, 3.63) is 59.8 Å². The molecule has 0 spiro atoms. The molecule has 3 rings (SSSR count). The lowest BCUT2D eigenvalue weighted by atomic mass is 10.2. The third-order valence-corrected chi connectivity index (χ3v) is 3.68. The summed E-state index contributed by atoms with van der Waals surface area (Å²) < 4.78 is 10.6. The quantitative estimate of drug-likeness (QED) is 0.671. The summed E-state index contributed by atoms with van der Waals surface area (Å²) >= 11 is 5.90. The van der Waals surface area contributed by atoms with E-state index in [1.54, 1.807) is 26.5 Å². The number of benzene rings is 2. The molecule has 128 valence electrons. The van der Waals surface area contributed by atoms with Crippen LogP contribution in [0.3, 0.4) is 0 Å². The van der Waals surface area contributed by atoms with Gasteiger partial charge >= 0.3 is 0 Å². The predicted molar refractivity (Wildman–Crippen MR) is 99.6 cm³/mol. The Bertz CT molecular complexity index is 856. The summed E-state index contributed by atoms with van der Waals surface area (Å²) in [6.45, 7) is 0. The van der Waals surface area contributed by atoms with Gasteiger partial charge in [-0.1, -0.05) is 11.6 Å². The second kappa shape index (κ2) is 7.72. The smallest absolute Gasteiger partial charge is 0.229 e. The van der Waals surface area contributed by atoms with Crippen molar-refractivity contribution in [1.29, 1.82) is 0 Å². The topological polar surface area (TPSA) is 68.3 Å². The molecule has 0 atom stereocenters. The van der Waals surface area contributed by atoms with Gasteiger partial charge in [-0.3, -0.25) is 0 Å². The van der Waals surface area contributed by atoms with Crippen LogP contribution in [0.4, 0.5) is 23.1 Å². The molecule has 0 aliphatic heterocycles. The molecule has 1 aromatic heterocycles. The molecule has 3 aromatic rings. The Kier molecular flexibility index (Phi) is 5.20. The van der Waals surface area contributed by atoms with Gasteiger partial charge in [-0.05, 0) is 42.5 Å².